The maximum Gasteiger partial charge on any atom is -0.0299 e. The Morgan fingerprint density at radius 1 is 1.00 bits per heavy atom. The molecule has 0 N–H and O–H groups in total. The van der Waals surface area contributed by atoms with Gasteiger partial charge >= 0.3 is 0 Å². The average molecular weight is 178 g/mol. The first kappa shape index (κ1) is 12.2. The van der Waals surface area contributed by atoms with Crippen molar-refractivity contribution in [2.24, 2.45) is 5.41 Å². The topological polar surface area (TPSA) is 0 Å². The molecule has 0 heteroatoms. The van der Waals surface area contributed by atoms with Crippen LogP contribution in [0.3, 0.4) is 0 Å². The maximum absolute atomic E-state index is 3.68. The molecule has 0 aliphatic carbocycles. The quantitative estimate of drug-likeness (QED) is 0.330. The van der Waals surface area contributed by atoms with Gasteiger partial charge in [0.1, 0.15) is 0 Å². The lowest BCUT2D eigenvalue weighted by atomic mass is 9.92. The van der Waals surface area contributed by atoms with Gasteiger partial charge in [-0.2, -0.15) is 0 Å². The summed E-state index contributed by atoms with van der Waals surface area (Å²) in [7, 11) is 0. The van der Waals surface area contributed by atoms with Crippen LogP contribution >= 0.6 is 0 Å². The minimum atomic E-state index is 0.408. The predicted octanol–water partition coefficient (Wildman–Crippen LogP) is 4.50. The number of hydrogen-bond donors (Lipinski definition) is 0. The molecule has 0 fully saturated rings. The number of hydrogen-bond acceptors (Lipinski definition) is 0. The van der Waals surface area contributed by atoms with Crippen molar-refractivity contribution in [2.45, 2.75) is 40.0 Å². The molecule has 0 nitrogen and oxygen atoms in total. The molecule has 0 aliphatic rings. The summed E-state index contributed by atoms with van der Waals surface area (Å²) >= 11 is 0. The molecule has 0 radical (unpaired) electrons. The third kappa shape index (κ3) is 11.2. The summed E-state index contributed by atoms with van der Waals surface area (Å²) < 4.78 is 0. The van der Waals surface area contributed by atoms with Crippen molar-refractivity contribution in [3.63, 3.8) is 0 Å². The zero-order chi connectivity index (χ0) is 10.2. The molecule has 0 aromatic heterocycles. The van der Waals surface area contributed by atoms with Crippen LogP contribution in [0.25, 0.3) is 0 Å². The van der Waals surface area contributed by atoms with Crippen LogP contribution in [0.1, 0.15) is 40.0 Å². The molecule has 0 saturated carbocycles. The first-order chi connectivity index (χ1) is 6.06. The highest BCUT2D eigenvalue weighted by atomic mass is 14.1. The highest BCUT2D eigenvalue weighted by molar-refractivity contribution is 5.03. The van der Waals surface area contributed by atoms with Gasteiger partial charge in [-0.15, -0.1) is 6.58 Å². The van der Waals surface area contributed by atoms with Gasteiger partial charge in [0.2, 0.25) is 0 Å². The highest BCUT2D eigenvalue weighted by Gasteiger charge is 2.05. The fourth-order valence-corrected chi connectivity index (χ4v) is 0.889. The van der Waals surface area contributed by atoms with Crippen molar-refractivity contribution >= 4 is 0 Å². The van der Waals surface area contributed by atoms with Crippen LogP contribution in [0.2, 0.25) is 0 Å². The summed E-state index contributed by atoms with van der Waals surface area (Å²) in [6.45, 7) is 10.4. The standard InChI is InChI=1S/C13H22/c1-5-6-7-8-9-10-11-12-13(2,3)4/h5,8-11H,1,6-7,12H2,2-4H3/b9-8+,11-10+. The van der Waals surface area contributed by atoms with Gasteiger partial charge in [0.15, 0.2) is 0 Å². The van der Waals surface area contributed by atoms with Gasteiger partial charge in [0.05, 0.1) is 0 Å². The van der Waals surface area contributed by atoms with Crippen LogP contribution in [0.15, 0.2) is 37.0 Å². The van der Waals surface area contributed by atoms with Crippen molar-refractivity contribution in [2.75, 3.05) is 0 Å². The largest absolute Gasteiger partial charge is 0.103 e. The Morgan fingerprint density at radius 3 is 2.15 bits per heavy atom. The summed E-state index contributed by atoms with van der Waals surface area (Å²) in [6, 6.07) is 0. The minimum Gasteiger partial charge on any atom is -0.103 e. The Labute approximate surface area is 83.0 Å². The number of unbranched alkanes of at least 4 members (excludes halogenated alkanes) is 1. The van der Waals surface area contributed by atoms with Crippen LogP contribution in [0.4, 0.5) is 0 Å². The molecule has 74 valence electrons. The molecule has 13 heavy (non-hydrogen) atoms. The summed E-state index contributed by atoms with van der Waals surface area (Å²) in [5, 5.41) is 0. The normalized spacial score (nSPS) is 12.8. The molecule has 0 aliphatic heterocycles. The molecule has 0 aromatic carbocycles. The lowest BCUT2D eigenvalue weighted by Gasteiger charge is -2.13. The van der Waals surface area contributed by atoms with Crippen molar-refractivity contribution in [3.05, 3.63) is 37.0 Å². The third-order valence-corrected chi connectivity index (χ3v) is 1.65. The Kier molecular flexibility index (Phi) is 6.30. The zero-order valence-corrected chi connectivity index (χ0v) is 9.22. The molecule has 0 rings (SSSR count). The van der Waals surface area contributed by atoms with Gasteiger partial charge in [-0.3, -0.25) is 0 Å². The smallest absolute Gasteiger partial charge is 0.0299 e. The zero-order valence-electron chi connectivity index (χ0n) is 9.22. The van der Waals surface area contributed by atoms with Crippen molar-refractivity contribution in [1.82, 2.24) is 0 Å². The second kappa shape index (κ2) is 6.71. The van der Waals surface area contributed by atoms with Gasteiger partial charge in [-0.25, -0.2) is 0 Å². The van der Waals surface area contributed by atoms with Crippen molar-refractivity contribution in [1.29, 1.82) is 0 Å². The van der Waals surface area contributed by atoms with E-state index in [1.807, 2.05) is 6.08 Å². The van der Waals surface area contributed by atoms with E-state index < -0.39 is 0 Å². The molecule has 0 spiro atoms. The van der Waals surface area contributed by atoms with E-state index in [0.29, 0.717) is 5.41 Å². The molecular formula is C13H22. The monoisotopic (exact) mass is 178 g/mol. The van der Waals surface area contributed by atoms with E-state index >= 15 is 0 Å². The third-order valence-electron chi connectivity index (χ3n) is 1.65. The molecule has 0 aromatic rings. The van der Waals surface area contributed by atoms with Gasteiger partial charge in [0, 0.05) is 0 Å². The lowest BCUT2D eigenvalue weighted by Crippen LogP contribution is -2.01. The van der Waals surface area contributed by atoms with E-state index in [4.69, 9.17) is 0 Å². The Balaban J connectivity index is 3.51. The van der Waals surface area contributed by atoms with Gasteiger partial charge in [-0.1, -0.05) is 51.2 Å². The molecule has 0 heterocycles. The van der Waals surface area contributed by atoms with E-state index in [2.05, 4.69) is 51.7 Å². The fourth-order valence-electron chi connectivity index (χ4n) is 0.889. The summed E-state index contributed by atoms with van der Waals surface area (Å²) in [5.41, 5.74) is 0.408. The predicted molar refractivity (Wildman–Crippen MR) is 61.8 cm³/mol. The van der Waals surface area contributed by atoms with Gasteiger partial charge < -0.3 is 0 Å². The van der Waals surface area contributed by atoms with Crippen LogP contribution < -0.4 is 0 Å². The second-order valence-electron chi connectivity index (χ2n) is 4.49. The highest BCUT2D eigenvalue weighted by Crippen LogP contribution is 2.18. The second-order valence-corrected chi connectivity index (χ2v) is 4.49. The van der Waals surface area contributed by atoms with E-state index in [1.54, 1.807) is 0 Å². The fraction of sp³-hybridized carbons (Fsp3) is 0.538. The van der Waals surface area contributed by atoms with E-state index in [0.717, 1.165) is 19.3 Å². The minimum absolute atomic E-state index is 0.408. The van der Waals surface area contributed by atoms with Crippen LogP contribution in [-0.2, 0) is 0 Å². The SMILES string of the molecule is C=CCC/C=C/C=C/CC(C)(C)C. The number of rotatable bonds is 5. The first-order valence-corrected chi connectivity index (χ1v) is 4.99. The molecule has 0 atom stereocenters. The Morgan fingerprint density at radius 2 is 1.62 bits per heavy atom. The number of allylic oxidation sites excluding steroid dienone is 5. The molecule has 0 amide bonds. The average Bonchev–Trinajstić information content (AvgIpc) is 2.01. The molecular weight excluding hydrogens is 156 g/mol. The Bertz CT molecular complexity index is 177. The lowest BCUT2D eigenvalue weighted by molar-refractivity contribution is 0.420. The maximum atomic E-state index is 3.68. The Hall–Kier alpha value is -0.780. The van der Waals surface area contributed by atoms with Crippen LogP contribution in [0.5, 0.6) is 0 Å². The van der Waals surface area contributed by atoms with E-state index in [-0.39, 0.29) is 0 Å². The molecule has 0 unspecified atom stereocenters. The van der Waals surface area contributed by atoms with E-state index in [9.17, 15) is 0 Å². The van der Waals surface area contributed by atoms with Crippen LogP contribution in [0, 0.1) is 5.41 Å². The summed E-state index contributed by atoms with van der Waals surface area (Å²) in [6.07, 6.45) is 13.9. The summed E-state index contributed by atoms with van der Waals surface area (Å²) in [4.78, 5) is 0. The first-order valence-electron chi connectivity index (χ1n) is 4.99. The molecule has 0 saturated heterocycles. The van der Waals surface area contributed by atoms with Gasteiger partial charge in [-0.05, 0) is 24.7 Å². The van der Waals surface area contributed by atoms with Crippen molar-refractivity contribution in [3.8, 4) is 0 Å². The molecule has 0 bridgehead atoms. The summed E-state index contributed by atoms with van der Waals surface area (Å²) in [5.74, 6) is 0. The van der Waals surface area contributed by atoms with Crippen LogP contribution in [-0.4, -0.2) is 0 Å². The van der Waals surface area contributed by atoms with Crippen molar-refractivity contribution < 1.29 is 0 Å². The van der Waals surface area contributed by atoms with Gasteiger partial charge in [0.25, 0.3) is 0 Å². The van der Waals surface area contributed by atoms with E-state index in [1.165, 1.54) is 0 Å².